The van der Waals surface area contributed by atoms with Gasteiger partial charge in [-0.15, -0.1) is 0 Å². The molecule has 0 N–H and O–H groups in total. The van der Waals surface area contributed by atoms with Gasteiger partial charge in [-0.05, 0) is 36.6 Å². The first kappa shape index (κ1) is 21.1. The van der Waals surface area contributed by atoms with Crippen molar-refractivity contribution in [2.75, 3.05) is 33.8 Å². The maximum atomic E-state index is 12.7. The fourth-order valence-corrected chi connectivity index (χ4v) is 4.17. The summed E-state index contributed by atoms with van der Waals surface area (Å²) in [5.74, 6) is -0.939. The molecule has 7 nitrogen and oxygen atoms in total. The van der Waals surface area contributed by atoms with E-state index < -0.39 is 16.0 Å². The molecule has 1 amide bonds. The molecule has 1 aromatic rings. The molecule has 1 aromatic carbocycles. The predicted molar refractivity (Wildman–Crippen MR) is 102 cm³/mol. The van der Waals surface area contributed by atoms with E-state index in [-0.39, 0.29) is 17.4 Å². The highest BCUT2D eigenvalue weighted by Crippen LogP contribution is 2.21. The van der Waals surface area contributed by atoms with Gasteiger partial charge in [-0.25, -0.2) is 13.2 Å². The topological polar surface area (TPSA) is 84.0 Å². The van der Waals surface area contributed by atoms with Gasteiger partial charge in [-0.3, -0.25) is 4.79 Å². The highest BCUT2D eigenvalue weighted by Gasteiger charge is 2.24. The van der Waals surface area contributed by atoms with Crippen molar-refractivity contribution in [3.63, 3.8) is 0 Å². The molecule has 0 spiro atoms. The maximum absolute atomic E-state index is 12.7. The lowest BCUT2D eigenvalue weighted by atomic mass is 10.2. The first-order chi connectivity index (χ1) is 12.8. The van der Waals surface area contributed by atoms with E-state index >= 15 is 0 Å². The zero-order valence-electron chi connectivity index (χ0n) is 15.8. The molecule has 2 rings (SSSR count). The van der Waals surface area contributed by atoms with E-state index in [2.05, 4.69) is 0 Å². The number of carbonyl (C=O) groups is 2. The van der Waals surface area contributed by atoms with Crippen LogP contribution < -0.4 is 0 Å². The maximum Gasteiger partial charge on any atom is 0.331 e. The van der Waals surface area contributed by atoms with Crippen LogP contribution in [0.2, 0.25) is 0 Å². The Balaban J connectivity index is 1.98. The smallest absolute Gasteiger partial charge is 0.331 e. The van der Waals surface area contributed by atoms with Gasteiger partial charge in [-0.2, -0.15) is 4.31 Å². The summed E-state index contributed by atoms with van der Waals surface area (Å²) in [5.41, 5.74) is 0.667. The minimum atomic E-state index is -3.48. The molecule has 1 aliphatic heterocycles. The summed E-state index contributed by atoms with van der Waals surface area (Å²) >= 11 is 0. The van der Waals surface area contributed by atoms with Gasteiger partial charge in [0.2, 0.25) is 10.0 Å². The van der Waals surface area contributed by atoms with Crippen LogP contribution in [0.15, 0.2) is 35.2 Å². The molecule has 0 bridgehead atoms. The quantitative estimate of drug-likeness (QED) is 0.543. The fraction of sp³-hybridized carbons (Fsp3) is 0.474. The molecule has 148 valence electrons. The Bertz CT molecular complexity index is 777. The fourth-order valence-electron chi connectivity index (χ4n) is 2.66. The van der Waals surface area contributed by atoms with Crippen LogP contribution in [0.3, 0.4) is 0 Å². The van der Waals surface area contributed by atoms with Gasteiger partial charge in [0, 0.05) is 33.3 Å². The van der Waals surface area contributed by atoms with Crippen LogP contribution in [0.25, 0.3) is 6.08 Å². The highest BCUT2D eigenvalue weighted by molar-refractivity contribution is 7.89. The van der Waals surface area contributed by atoms with E-state index in [1.165, 1.54) is 17.1 Å². The van der Waals surface area contributed by atoms with Gasteiger partial charge in [0.05, 0.1) is 4.90 Å². The second-order valence-electron chi connectivity index (χ2n) is 6.62. The van der Waals surface area contributed by atoms with Crippen molar-refractivity contribution in [2.24, 2.45) is 0 Å². The van der Waals surface area contributed by atoms with E-state index in [0.29, 0.717) is 18.7 Å². The molecule has 0 atom stereocenters. The van der Waals surface area contributed by atoms with Crippen molar-refractivity contribution in [1.29, 1.82) is 0 Å². The van der Waals surface area contributed by atoms with Crippen molar-refractivity contribution in [2.45, 2.75) is 30.6 Å². The number of carbonyl (C=O) groups excluding carboxylic acids is 2. The Hall–Kier alpha value is -2.19. The number of benzene rings is 1. The Morgan fingerprint density at radius 1 is 1.07 bits per heavy atom. The van der Waals surface area contributed by atoms with E-state index in [0.717, 1.165) is 25.7 Å². The van der Waals surface area contributed by atoms with E-state index in [4.69, 9.17) is 4.74 Å². The first-order valence-corrected chi connectivity index (χ1v) is 10.4. The van der Waals surface area contributed by atoms with E-state index in [9.17, 15) is 18.0 Å². The van der Waals surface area contributed by atoms with Gasteiger partial charge in [0.1, 0.15) is 0 Å². The van der Waals surface area contributed by atoms with Gasteiger partial charge < -0.3 is 9.64 Å². The molecule has 1 aliphatic rings. The number of esters is 1. The van der Waals surface area contributed by atoms with Gasteiger partial charge in [-0.1, -0.05) is 25.0 Å². The Kier molecular flexibility index (Phi) is 7.55. The number of ether oxygens (including phenoxy) is 1. The second kappa shape index (κ2) is 9.66. The minimum absolute atomic E-state index is 0.251. The molecule has 1 fully saturated rings. The largest absolute Gasteiger partial charge is 0.452 e. The first-order valence-electron chi connectivity index (χ1n) is 8.96. The standard InChI is InChI=1S/C19H26N2O5S/c1-20(2)18(22)15-26-19(23)12-9-16-7-10-17(11-8-16)27(24,25)21-13-5-3-4-6-14-21/h7-12H,3-6,13-15H2,1-2H3/b12-9+. The second-order valence-corrected chi connectivity index (χ2v) is 8.55. The van der Waals surface area contributed by atoms with Crippen LogP contribution in [0.1, 0.15) is 31.2 Å². The predicted octanol–water partition coefficient (Wildman–Crippen LogP) is 1.90. The van der Waals surface area contributed by atoms with Crippen molar-refractivity contribution in [3.8, 4) is 0 Å². The summed E-state index contributed by atoms with van der Waals surface area (Å²) in [7, 11) is -0.331. The number of rotatable bonds is 6. The third-order valence-corrected chi connectivity index (χ3v) is 6.24. The molecule has 27 heavy (non-hydrogen) atoms. The van der Waals surface area contributed by atoms with Crippen molar-refractivity contribution >= 4 is 28.0 Å². The summed E-state index contributed by atoms with van der Waals surface area (Å²) in [6.45, 7) is 0.798. The molecule has 0 aromatic heterocycles. The number of amides is 1. The molecular formula is C19H26N2O5S. The molecule has 1 saturated heterocycles. The van der Waals surface area contributed by atoms with Crippen LogP contribution in [0, 0.1) is 0 Å². The molecule has 8 heteroatoms. The van der Waals surface area contributed by atoms with Crippen LogP contribution in [-0.4, -0.2) is 63.3 Å². The Morgan fingerprint density at radius 3 is 2.22 bits per heavy atom. The molecule has 1 heterocycles. The van der Waals surface area contributed by atoms with E-state index in [1.54, 1.807) is 42.7 Å². The molecule has 0 radical (unpaired) electrons. The third kappa shape index (κ3) is 6.18. The SMILES string of the molecule is CN(C)C(=O)COC(=O)/C=C/c1ccc(S(=O)(=O)N2CCCCCC2)cc1. The van der Waals surface area contributed by atoms with Crippen molar-refractivity contribution < 1.29 is 22.7 Å². The summed E-state index contributed by atoms with van der Waals surface area (Å²) in [6.07, 6.45) is 6.63. The average Bonchev–Trinajstić information content (AvgIpc) is 2.94. The Labute approximate surface area is 160 Å². The van der Waals surface area contributed by atoms with Gasteiger partial charge in [0.25, 0.3) is 5.91 Å². The van der Waals surface area contributed by atoms with Crippen LogP contribution >= 0.6 is 0 Å². The van der Waals surface area contributed by atoms with E-state index in [1.807, 2.05) is 0 Å². The summed E-state index contributed by atoms with van der Waals surface area (Å²) in [6, 6.07) is 6.36. The third-order valence-electron chi connectivity index (χ3n) is 4.33. The van der Waals surface area contributed by atoms with Gasteiger partial charge >= 0.3 is 5.97 Å². The van der Waals surface area contributed by atoms with Gasteiger partial charge in [0.15, 0.2) is 6.61 Å². The molecule has 0 aliphatic carbocycles. The monoisotopic (exact) mass is 394 g/mol. The molecule has 0 unspecified atom stereocenters. The number of hydrogen-bond acceptors (Lipinski definition) is 5. The molecular weight excluding hydrogens is 368 g/mol. The summed E-state index contributed by atoms with van der Waals surface area (Å²) in [4.78, 5) is 24.6. The van der Waals surface area contributed by atoms with Crippen LogP contribution in [0.4, 0.5) is 0 Å². The lowest BCUT2D eigenvalue weighted by Crippen LogP contribution is -2.31. The van der Waals surface area contributed by atoms with Crippen molar-refractivity contribution in [1.82, 2.24) is 9.21 Å². The number of likely N-dealkylation sites (N-methyl/N-ethyl adjacent to an activating group) is 1. The normalized spacial score (nSPS) is 16.1. The lowest BCUT2D eigenvalue weighted by Gasteiger charge is -2.19. The number of hydrogen-bond donors (Lipinski definition) is 0. The zero-order valence-corrected chi connectivity index (χ0v) is 16.6. The number of sulfonamides is 1. The summed E-state index contributed by atoms with van der Waals surface area (Å²) in [5, 5.41) is 0. The average molecular weight is 394 g/mol. The highest BCUT2D eigenvalue weighted by atomic mass is 32.2. The van der Waals surface area contributed by atoms with Crippen LogP contribution in [0.5, 0.6) is 0 Å². The number of nitrogens with zero attached hydrogens (tertiary/aromatic N) is 2. The molecule has 0 saturated carbocycles. The van der Waals surface area contributed by atoms with Crippen molar-refractivity contribution in [3.05, 3.63) is 35.9 Å². The lowest BCUT2D eigenvalue weighted by molar-refractivity contribution is -0.146. The zero-order chi connectivity index (χ0) is 19.9. The minimum Gasteiger partial charge on any atom is -0.452 e. The summed E-state index contributed by atoms with van der Waals surface area (Å²) < 4.78 is 31.8. The van der Waals surface area contributed by atoms with Crippen LogP contribution in [-0.2, 0) is 24.3 Å². The Morgan fingerprint density at radius 2 is 1.67 bits per heavy atom.